The molecule has 0 bridgehead atoms. The number of hydrogen-bond acceptors (Lipinski definition) is 4. The molecule has 0 aliphatic heterocycles. The van der Waals surface area contributed by atoms with Crippen molar-refractivity contribution in [2.75, 3.05) is 7.11 Å². The Bertz CT molecular complexity index is 1350. The molecule has 0 spiro atoms. The number of methoxy groups -OCH3 is 1. The Kier molecular flexibility index (Phi) is 6.26. The Morgan fingerprint density at radius 3 is 2.09 bits per heavy atom. The monoisotopic (exact) mass is 466 g/mol. The van der Waals surface area contributed by atoms with Crippen molar-refractivity contribution in [1.29, 1.82) is 0 Å². The van der Waals surface area contributed by atoms with Crippen LogP contribution in [-0.2, 0) is 12.6 Å². The van der Waals surface area contributed by atoms with Crippen LogP contribution in [0.2, 0.25) is 0 Å². The third-order valence-corrected chi connectivity index (χ3v) is 5.65. The number of amides is 1. The minimum atomic E-state index is -4.39. The zero-order valence-electron chi connectivity index (χ0n) is 18.4. The summed E-state index contributed by atoms with van der Waals surface area (Å²) in [6.45, 7) is 1.99. The summed E-state index contributed by atoms with van der Waals surface area (Å²) in [6, 6.07) is 17.5. The van der Waals surface area contributed by atoms with Gasteiger partial charge < -0.3 is 4.74 Å². The molecule has 0 saturated carbocycles. The van der Waals surface area contributed by atoms with E-state index in [2.05, 4.69) is 0 Å². The molecule has 5 nitrogen and oxygen atoms in total. The molecule has 1 aromatic heterocycles. The van der Waals surface area contributed by atoms with Gasteiger partial charge in [0.05, 0.1) is 23.8 Å². The van der Waals surface area contributed by atoms with Crippen LogP contribution >= 0.6 is 0 Å². The Labute approximate surface area is 193 Å². The van der Waals surface area contributed by atoms with Crippen molar-refractivity contribution in [3.8, 4) is 28.1 Å². The summed E-state index contributed by atoms with van der Waals surface area (Å²) in [5.74, 6) is -0.519. The third-order valence-electron chi connectivity index (χ3n) is 5.65. The number of carbonyl (C=O) groups is 1. The van der Waals surface area contributed by atoms with Gasteiger partial charge in [0.15, 0.2) is 5.75 Å². The molecule has 0 saturated heterocycles. The van der Waals surface area contributed by atoms with Crippen LogP contribution in [0.15, 0.2) is 66.7 Å². The Hall–Kier alpha value is -3.91. The van der Waals surface area contributed by atoms with Gasteiger partial charge in [-0.25, -0.2) is 10.5 Å². The average molecular weight is 466 g/mol. The number of pyridine rings is 1. The number of aromatic nitrogens is 1. The Balaban J connectivity index is 1.81. The van der Waals surface area contributed by atoms with Crippen molar-refractivity contribution in [3.05, 3.63) is 83.4 Å². The van der Waals surface area contributed by atoms with Gasteiger partial charge in [0.25, 0.3) is 5.91 Å². The van der Waals surface area contributed by atoms with Crippen LogP contribution in [0.5, 0.6) is 5.75 Å². The molecule has 0 aliphatic rings. The number of alkyl halides is 3. The number of nitrogens with zero attached hydrogens (tertiary/aromatic N) is 1. The summed E-state index contributed by atoms with van der Waals surface area (Å²) < 4.78 is 44.1. The summed E-state index contributed by atoms with van der Waals surface area (Å²) in [4.78, 5) is 17.3. The zero-order valence-corrected chi connectivity index (χ0v) is 18.4. The third kappa shape index (κ3) is 4.32. The SMILES string of the molecule is CCc1ccc2nc(-c3ccc(-c4ccc(C(F)(F)F)cc4)cc3)c(OC)c(C(=O)NO)c2c1. The molecule has 0 atom stereocenters. The smallest absolute Gasteiger partial charge is 0.416 e. The van der Waals surface area contributed by atoms with Crippen LogP contribution in [0.4, 0.5) is 13.2 Å². The minimum Gasteiger partial charge on any atom is -0.494 e. The van der Waals surface area contributed by atoms with E-state index in [1.165, 1.54) is 19.2 Å². The lowest BCUT2D eigenvalue weighted by Crippen LogP contribution is -2.20. The standard InChI is InChI=1S/C26H21F3N2O3/c1-3-15-4-13-21-20(14-15)22(25(32)31-33)24(34-2)23(30-21)18-7-5-16(6-8-18)17-9-11-19(12-10-17)26(27,28)29/h4-14,33H,3H2,1-2H3,(H,31,32). The molecule has 0 aliphatic carbocycles. The zero-order chi connectivity index (χ0) is 24.5. The van der Waals surface area contributed by atoms with Gasteiger partial charge in [-0.1, -0.05) is 49.4 Å². The highest BCUT2D eigenvalue weighted by Crippen LogP contribution is 2.38. The molecule has 34 heavy (non-hydrogen) atoms. The van der Waals surface area contributed by atoms with Gasteiger partial charge in [0.2, 0.25) is 0 Å². The second-order valence-corrected chi connectivity index (χ2v) is 7.67. The van der Waals surface area contributed by atoms with E-state index in [0.29, 0.717) is 27.7 Å². The number of nitrogens with one attached hydrogen (secondary N) is 1. The van der Waals surface area contributed by atoms with E-state index >= 15 is 0 Å². The molecule has 1 amide bonds. The van der Waals surface area contributed by atoms with E-state index in [1.807, 2.05) is 25.1 Å². The maximum Gasteiger partial charge on any atom is 0.416 e. The molecular formula is C26H21F3N2O3. The largest absolute Gasteiger partial charge is 0.494 e. The molecule has 3 aromatic carbocycles. The molecule has 2 N–H and O–H groups in total. The number of hydrogen-bond donors (Lipinski definition) is 2. The van der Waals surface area contributed by atoms with Gasteiger partial charge in [-0.15, -0.1) is 0 Å². The first-order chi connectivity index (χ1) is 16.3. The lowest BCUT2D eigenvalue weighted by molar-refractivity contribution is -0.137. The molecule has 0 fully saturated rings. The summed E-state index contributed by atoms with van der Waals surface area (Å²) in [5, 5.41) is 9.89. The van der Waals surface area contributed by atoms with E-state index < -0.39 is 17.6 Å². The molecule has 1 heterocycles. The minimum absolute atomic E-state index is 0.159. The highest BCUT2D eigenvalue weighted by atomic mass is 19.4. The lowest BCUT2D eigenvalue weighted by atomic mass is 9.98. The van der Waals surface area contributed by atoms with Gasteiger partial charge in [-0.05, 0) is 47.4 Å². The van der Waals surface area contributed by atoms with Crippen molar-refractivity contribution in [2.24, 2.45) is 0 Å². The van der Waals surface area contributed by atoms with Crippen LogP contribution in [-0.4, -0.2) is 23.2 Å². The second kappa shape index (κ2) is 9.15. The highest BCUT2D eigenvalue weighted by molar-refractivity contribution is 6.10. The Morgan fingerprint density at radius 1 is 0.971 bits per heavy atom. The van der Waals surface area contributed by atoms with Gasteiger partial charge in [-0.2, -0.15) is 13.2 Å². The normalized spacial score (nSPS) is 11.5. The van der Waals surface area contributed by atoms with Crippen LogP contribution in [0.25, 0.3) is 33.3 Å². The van der Waals surface area contributed by atoms with Crippen LogP contribution in [0.3, 0.4) is 0 Å². The lowest BCUT2D eigenvalue weighted by Gasteiger charge is -2.16. The highest BCUT2D eigenvalue weighted by Gasteiger charge is 2.30. The molecule has 8 heteroatoms. The topological polar surface area (TPSA) is 71.5 Å². The quantitative estimate of drug-likeness (QED) is 0.268. The van der Waals surface area contributed by atoms with Gasteiger partial charge in [-0.3, -0.25) is 10.0 Å². The number of ether oxygens (including phenoxy) is 1. The van der Waals surface area contributed by atoms with Gasteiger partial charge >= 0.3 is 6.18 Å². The van der Waals surface area contributed by atoms with E-state index in [9.17, 15) is 23.2 Å². The van der Waals surface area contributed by atoms with Crippen LogP contribution in [0, 0.1) is 0 Å². The molecule has 0 radical (unpaired) electrons. The number of aryl methyl sites for hydroxylation is 1. The summed E-state index contributed by atoms with van der Waals surface area (Å²) in [7, 11) is 1.42. The average Bonchev–Trinajstić information content (AvgIpc) is 2.86. The van der Waals surface area contributed by atoms with Crippen molar-refractivity contribution in [2.45, 2.75) is 19.5 Å². The fraction of sp³-hybridized carbons (Fsp3) is 0.154. The fourth-order valence-corrected chi connectivity index (χ4v) is 3.86. The van der Waals surface area contributed by atoms with Crippen molar-refractivity contribution >= 4 is 16.8 Å². The van der Waals surface area contributed by atoms with Gasteiger partial charge in [0.1, 0.15) is 5.69 Å². The van der Waals surface area contributed by atoms with Crippen molar-refractivity contribution < 1.29 is 27.9 Å². The van der Waals surface area contributed by atoms with E-state index in [-0.39, 0.29) is 11.3 Å². The molecule has 174 valence electrons. The predicted octanol–water partition coefficient (Wildman–Crippen LogP) is 6.28. The summed E-state index contributed by atoms with van der Waals surface area (Å²) in [5.41, 5.74) is 5.07. The van der Waals surface area contributed by atoms with Crippen molar-refractivity contribution in [1.82, 2.24) is 10.5 Å². The molecule has 4 rings (SSSR count). The molecule has 0 unspecified atom stereocenters. The Morgan fingerprint density at radius 2 is 1.56 bits per heavy atom. The predicted molar refractivity (Wildman–Crippen MR) is 123 cm³/mol. The number of carbonyl (C=O) groups excluding carboxylic acids is 1. The number of hydroxylamine groups is 1. The maximum atomic E-state index is 12.8. The fourth-order valence-electron chi connectivity index (χ4n) is 3.86. The second-order valence-electron chi connectivity index (χ2n) is 7.67. The van der Waals surface area contributed by atoms with Crippen LogP contribution in [0.1, 0.15) is 28.4 Å². The first-order valence-corrected chi connectivity index (χ1v) is 10.5. The summed E-state index contributed by atoms with van der Waals surface area (Å²) >= 11 is 0. The van der Waals surface area contributed by atoms with Crippen LogP contribution < -0.4 is 10.2 Å². The summed E-state index contributed by atoms with van der Waals surface area (Å²) in [6.07, 6.45) is -3.64. The van der Waals surface area contributed by atoms with Gasteiger partial charge in [0, 0.05) is 10.9 Å². The first-order valence-electron chi connectivity index (χ1n) is 10.5. The van der Waals surface area contributed by atoms with Crippen molar-refractivity contribution in [3.63, 3.8) is 0 Å². The van der Waals surface area contributed by atoms with E-state index in [0.717, 1.165) is 29.7 Å². The molecular weight excluding hydrogens is 445 g/mol. The van der Waals surface area contributed by atoms with E-state index in [4.69, 9.17) is 9.72 Å². The number of benzene rings is 3. The maximum absolute atomic E-state index is 12.8. The van der Waals surface area contributed by atoms with E-state index in [1.54, 1.807) is 29.7 Å². The molecule has 4 aromatic rings. The number of fused-ring (bicyclic) bond motifs is 1. The number of halogens is 3. The number of rotatable bonds is 5. The first kappa shape index (κ1) is 23.3.